The van der Waals surface area contributed by atoms with E-state index >= 15 is 0 Å². The molecular formula is C8H15N5O. The van der Waals surface area contributed by atoms with Crippen LogP contribution in [-0.2, 0) is 7.05 Å². The van der Waals surface area contributed by atoms with Gasteiger partial charge in [-0.15, -0.1) is 0 Å². The molecule has 1 heterocycles. The van der Waals surface area contributed by atoms with Crippen LogP contribution < -0.4 is 16.4 Å². The van der Waals surface area contributed by atoms with Crippen LogP contribution in [0, 0.1) is 0 Å². The number of anilines is 1. The van der Waals surface area contributed by atoms with Crippen molar-refractivity contribution in [1.29, 1.82) is 0 Å². The van der Waals surface area contributed by atoms with E-state index in [1.54, 1.807) is 24.1 Å². The highest BCUT2D eigenvalue weighted by molar-refractivity contribution is 5.89. The van der Waals surface area contributed by atoms with Crippen molar-refractivity contribution >= 4 is 11.7 Å². The highest BCUT2D eigenvalue weighted by Crippen LogP contribution is 2.02. The summed E-state index contributed by atoms with van der Waals surface area (Å²) in [5.41, 5.74) is 6.02. The summed E-state index contributed by atoms with van der Waals surface area (Å²) in [5, 5.41) is 9.23. The lowest BCUT2D eigenvalue weighted by atomic mass is 10.3. The molecule has 1 unspecified atom stereocenters. The van der Waals surface area contributed by atoms with Gasteiger partial charge in [0.25, 0.3) is 0 Å². The largest absolute Gasteiger partial charge is 0.334 e. The van der Waals surface area contributed by atoms with Crippen molar-refractivity contribution in [2.24, 2.45) is 12.8 Å². The number of nitrogens with one attached hydrogen (secondary N) is 2. The fourth-order valence-corrected chi connectivity index (χ4v) is 0.936. The lowest BCUT2D eigenvalue weighted by molar-refractivity contribution is 0.249. The molecule has 2 amide bonds. The van der Waals surface area contributed by atoms with Crippen molar-refractivity contribution < 1.29 is 4.79 Å². The molecule has 0 spiro atoms. The summed E-state index contributed by atoms with van der Waals surface area (Å²) >= 11 is 0. The minimum atomic E-state index is -0.268. The van der Waals surface area contributed by atoms with Crippen molar-refractivity contribution in [1.82, 2.24) is 15.1 Å². The quantitative estimate of drug-likeness (QED) is 0.632. The first-order valence-corrected chi connectivity index (χ1v) is 4.38. The molecule has 1 rings (SSSR count). The summed E-state index contributed by atoms with van der Waals surface area (Å²) in [4.78, 5) is 11.3. The number of urea groups is 1. The van der Waals surface area contributed by atoms with Gasteiger partial charge in [0.15, 0.2) is 0 Å². The van der Waals surface area contributed by atoms with Gasteiger partial charge < -0.3 is 16.4 Å². The van der Waals surface area contributed by atoms with Crippen molar-refractivity contribution in [2.75, 3.05) is 11.9 Å². The number of amides is 2. The van der Waals surface area contributed by atoms with Crippen LogP contribution in [0.3, 0.4) is 0 Å². The third-order valence-corrected chi connectivity index (χ3v) is 1.69. The summed E-state index contributed by atoms with van der Waals surface area (Å²) in [6.45, 7) is 2.25. The first-order chi connectivity index (χ1) is 6.61. The normalized spacial score (nSPS) is 12.2. The Balaban J connectivity index is 2.41. The zero-order chi connectivity index (χ0) is 10.6. The van der Waals surface area contributed by atoms with Crippen LogP contribution >= 0.6 is 0 Å². The highest BCUT2D eigenvalue weighted by atomic mass is 16.2. The van der Waals surface area contributed by atoms with Crippen LogP contribution in [0.4, 0.5) is 10.5 Å². The van der Waals surface area contributed by atoms with Crippen molar-refractivity contribution in [3.63, 3.8) is 0 Å². The van der Waals surface area contributed by atoms with Gasteiger partial charge in [0.1, 0.15) is 0 Å². The van der Waals surface area contributed by atoms with Crippen LogP contribution in [0.2, 0.25) is 0 Å². The Morgan fingerprint density at radius 2 is 2.50 bits per heavy atom. The van der Waals surface area contributed by atoms with Crippen LogP contribution in [-0.4, -0.2) is 28.4 Å². The Morgan fingerprint density at radius 3 is 3.00 bits per heavy atom. The lowest BCUT2D eigenvalue weighted by Crippen LogP contribution is -2.40. The van der Waals surface area contributed by atoms with Crippen LogP contribution in [0.15, 0.2) is 12.4 Å². The number of nitrogens with zero attached hydrogens (tertiary/aromatic N) is 2. The number of hydrogen-bond acceptors (Lipinski definition) is 3. The van der Waals surface area contributed by atoms with E-state index in [1.807, 2.05) is 6.92 Å². The Kier molecular flexibility index (Phi) is 3.47. The molecule has 0 aliphatic carbocycles. The summed E-state index contributed by atoms with van der Waals surface area (Å²) in [6, 6.07) is -0.303. The minimum absolute atomic E-state index is 0.0355. The Hall–Kier alpha value is -1.56. The van der Waals surface area contributed by atoms with E-state index in [0.717, 1.165) is 0 Å². The zero-order valence-corrected chi connectivity index (χ0v) is 8.32. The molecule has 0 saturated heterocycles. The number of aryl methyl sites for hydroxylation is 1. The molecule has 1 aromatic rings. The smallest absolute Gasteiger partial charge is 0.319 e. The maximum absolute atomic E-state index is 11.3. The molecule has 1 atom stereocenters. The summed E-state index contributed by atoms with van der Waals surface area (Å²) in [5.74, 6) is 0. The molecule has 0 saturated carbocycles. The maximum atomic E-state index is 11.3. The fraction of sp³-hybridized carbons (Fsp3) is 0.500. The number of carbonyl (C=O) groups is 1. The predicted molar refractivity (Wildman–Crippen MR) is 53.9 cm³/mol. The van der Waals surface area contributed by atoms with E-state index in [2.05, 4.69) is 15.7 Å². The molecule has 0 aromatic carbocycles. The second-order valence-corrected chi connectivity index (χ2v) is 3.14. The van der Waals surface area contributed by atoms with Gasteiger partial charge in [0.2, 0.25) is 0 Å². The molecule has 78 valence electrons. The average molecular weight is 197 g/mol. The molecule has 0 aliphatic rings. The minimum Gasteiger partial charge on any atom is -0.334 e. The monoisotopic (exact) mass is 197 g/mol. The Morgan fingerprint density at radius 1 is 1.79 bits per heavy atom. The molecule has 14 heavy (non-hydrogen) atoms. The molecule has 0 bridgehead atoms. The maximum Gasteiger partial charge on any atom is 0.319 e. The summed E-state index contributed by atoms with van der Waals surface area (Å²) in [7, 11) is 1.78. The van der Waals surface area contributed by atoms with Crippen molar-refractivity contribution in [3.05, 3.63) is 12.4 Å². The first-order valence-electron chi connectivity index (χ1n) is 4.38. The van der Waals surface area contributed by atoms with Gasteiger partial charge in [-0.05, 0) is 6.92 Å². The second kappa shape index (κ2) is 4.61. The third-order valence-electron chi connectivity index (χ3n) is 1.69. The molecule has 1 aromatic heterocycles. The summed E-state index contributed by atoms with van der Waals surface area (Å²) < 4.78 is 1.61. The topological polar surface area (TPSA) is 85.0 Å². The first kappa shape index (κ1) is 10.5. The van der Waals surface area contributed by atoms with Crippen molar-refractivity contribution in [2.45, 2.75) is 13.0 Å². The van der Waals surface area contributed by atoms with E-state index in [9.17, 15) is 4.79 Å². The number of aromatic nitrogens is 2. The number of nitrogens with two attached hydrogens (primary N) is 1. The average Bonchev–Trinajstić information content (AvgIpc) is 2.50. The lowest BCUT2D eigenvalue weighted by Gasteiger charge is -2.10. The molecule has 0 fully saturated rings. The standard InChI is InChI=1S/C8H15N5O/c1-6(3-9)11-8(14)12-7-4-10-13(2)5-7/h4-6H,3,9H2,1-2H3,(H2,11,12,14). The van der Waals surface area contributed by atoms with Gasteiger partial charge >= 0.3 is 6.03 Å². The second-order valence-electron chi connectivity index (χ2n) is 3.14. The molecule has 6 heteroatoms. The van der Waals surface area contributed by atoms with Gasteiger partial charge in [-0.1, -0.05) is 0 Å². The number of rotatable bonds is 3. The Bertz CT molecular complexity index is 308. The predicted octanol–water partition coefficient (Wildman–Crippen LogP) is -0.111. The van der Waals surface area contributed by atoms with Crippen LogP contribution in [0.5, 0.6) is 0 Å². The van der Waals surface area contributed by atoms with Crippen LogP contribution in [0.1, 0.15) is 6.92 Å². The van der Waals surface area contributed by atoms with Crippen molar-refractivity contribution in [3.8, 4) is 0 Å². The number of carbonyl (C=O) groups excluding carboxylic acids is 1. The van der Waals surface area contributed by atoms with Gasteiger partial charge in [-0.25, -0.2) is 4.79 Å². The molecule has 0 radical (unpaired) electrons. The molecule has 4 N–H and O–H groups in total. The van der Waals surface area contributed by atoms with E-state index in [1.165, 1.54) is 0 Å². The van der Waals surface area contributed by atoms with Gasteiger partial charge in [-0.3, -0.25) is 4.68 Å². The fourth-order valence-electron chi connectivity index (χ4n) is 0.936. The zero-order valence-electron chi connectivity index (χ0n) is 8.32. The van der Waals surface area contributed by atoms with E-state index in [4.69, 9.17) is 5.73 Å². The van der Waals surface area contributed by atoms with Gasteiger partial charge in [0, 0.05) is 25.8 Å². The van der Waals surface area contributed by atoms with Gasteiger partial charge in [0.05, 0.1) is 11.9 Å². The molecule has 0 aliphatic heterocycles. The SMILES string of the molecule is CC(CN)NC(=O)Nc1cnn(C)c1. The number of hydrogen-bond donors (Lipinski definition) is 3. The molecular weight excluding hydrogens is 182 g/mol. The highest BCUT2D eigenvalue weighted by Gasteiger charge is 2.05. The van der Waals surface area contributed by atoms with E-state index < -0.39 is 0 Å². The van der Waals surface area contributed by atoms with Gasteiger partial charge in [-0.2, -0.15) is 5.10 Å². The third kappa shape index (κ3) is 3.06. The van der Waals surface area contributed by atoms with E-state index in [-0.39, 0.29) is 12.1 Å². The molecule has 6 nitrogen and oxygen atoms in total. The van der Waals surface area contributed by atoms with E-state index in [0.29, 0.717) is 12.2 Å². The van der Waals surface area contributed by atoms with Crippen LogP contribution in [0.25, 0.3) is 0 Å². The summed E-state index contributed by atoms with van der Waals surface area (Å²) in [6.07, 6.45) is 3.29. The Labute approximate surface area is 82.5 Å².